The normalized spacial score (nSPS) is 17.2. The lowest BCUT2D eigenvalue weighted by molar-refractivity contribution is 0.417. The molecule has 0 bridgehead atoms. The first-order valence-electron chi connectivity index (χ1n) is 6.07. The number of halogens is 2. The first kappa shape index (κ1) is 11.4. The minimum absolute atomic E-state index is 0.165. The van der Waals surface area contributed by atoms with Gasteiger partial charge in [-0.3, -0.25) is 0 Å². The molecule has 0 saturated heterocycles. The van der Waals surface area contributed by atoms with Crippen LogP contribution in [0.15, 0.2) is 48.5 Å². The summed E-state index contributed by atoms with van der Waals surface area (Å²) in [5.41, 5.74) is 1.98. The first-order chi connectivity index (χ1) is 8.71. The predicted molar refractivity (Wildman–Crippen MR) is 67.1 cm³/mol. The summed E-state index contributed by atoms with van der Waals surface area (Å²) in [4.78, 5) is 0. The Hall–Kier alpha value is -1.70. The van der Waals surface area contributed by atoms with Gasteiger partial charge >= 0.3 is 0 Å². The molecule has 0 N–H and O–H groups in total. The highest BCUT2D eigenvalue weighted by atomic mass is 19.1. The van der Waals surface area contributed by atoms with E-state index < -0.39 is 0 Å². The van der Waals surface area contributed by atoms with E-state index in [1.54, 1.807) is 0 Å². The van der Waals surface area contributed by atoms with Crippen molar-refractivity contribution in [3.63, 3.8) is 0 Å². The molecule has 2 aromatic rings. The maximum absolute atomic E-state index is 13.0. The Bertz CT molecular complexity index is 489. The van der Waals surface area contributed by atoms with E-state index in [0.717, 1.165) is 24.0 Å². The maximum atomic E-state index is 13.0. The molecule has 1 radical (unpaired) electrons. The summed E-state index contributed by atoms with van der Waals surface area (Å²) in [6.45, 7) is 0. The molecule has 1 saturated carbocycles. The van der Waals surface area contributed by atoms with E-state index in [1.807, 2.05) is 24.3 Å². The van der Waals surface area contributed by atoms with Crippen molar-refractivity contribution in [2.75, 3.05) is 0 Å². The summed E-state index contributed by atoms with van der Waals surface area (Å²) >= 11 is 0. The number of hydrogen-bond donors (Lipinski definition) is 0. The average Bonchev–Trinajstić information content (AvgIpc) is 2.32. The third-order valence-corrected chi connectivity index (χ3v) is 3.75. The third kappa shape index (κ3) is 1.72. The van der Waals surface area contributed by atoms with E-state index >= 15 is 0 Å². The molecule has 2 aromatic carbocycles. The maximum Gasteiger partial charge on any atom is 0.123 e. The zero-order valence-electron chi connectivity index (χ0n) is 9.87. The third-order valence-electron chi connectivity index (χ3n) is 3.75. The van der Waals surface area contributed by atoms with E-state index in [2.05, 4.69) is 6.42 Å². The van der Waals surface area contributed by atoms with Crippen LogP contribution in [0.5, 0.6) is 0 Å². The second-order valence-corrected chi connectivity index (χ2v) is 4.73. The van der Waals surface area contributed by atoms with Crippen molar-refractivity contribution in [2.24, 2.45) is 0 Å². The second-order valence-electron chi connectivity index (χ2n) is 4.73. The lowest BCUT2D eigenvalue weighted by atomic mass is 9.60. The zero-order chi connectivity index (χ0) is 12.6. The van der Waals surface area contributed by atoms with E-state index in [0.29, 0.717) is 0 Å². The summed E-state index contributed by atoms with van der Waals surface area (Å²) in [5.74, 6) is -0.459. The molecule has 3 rings (SSSR count). The predicted octanol–water partition coefficient (Wildman–Crippen LogP) is 4.25. The van der Waals surface area contributed by atoms with Crippen molar-refractivity contribution < 1.29 is 8.78 Å². The largest absolute Gasteiger partial charge is 0.207 e. The van der Waals surface area contributed by atoms with Crippen molar-refractivity contribution in [3.05, 3.63) is 77.7 Å². The summed E-state index contributed by atoms with van der Waals surface area (Å²) in [6.07, 6.45) is 4.24. The Labute approximate surface area is 105 Å². The molecule has 1 aliphatic rings. The molecule has 0 nitrogen and oxygen atoms in total. The van der Waals surface area contributed by atoms with Crippen LogP contribution in [0.25, 0.3) is 0 Å². The van der Waals surface area contributed by atoms with Crippen molar-refractivity contribution in [1.82, 2.24) is 0 Å². The summed E-state index contributed by atoms with van der Waals surface area (Å²) < 4.78 is 26.0. The van der Waals surface area contributed by atoms with Gasteiger partial charge in [0.05, 0.1) is 0 Å². The number of rotatable bonds is 2. The van der Waals surface area contributed by atoms with Crippen molar-refractivity contribution in [1.29, 1.82) is 0 Å². The lowest BCUT2D eigenvalue weighted by Crippen LogP contribution is -2.36. The van der Waals surface area contributed by atoms with Gasteiger partial charge in [-0.25, -0.2) is 8.78 Å². The minimum Gasteiger partial charge on any atom is -0.207 e. The molecule has 2 heteroatoms. The van der Waals surface area contributed by atoms with Gasteiger partial charge in [0.15, 0.2) is 0 Å². The van der Waals surface area contributed by atoms with Crippen molar-refractivity contribution in [2.45, 2.75) is 18.3 Å². The Morgan fingerprint density at radius 2 is 1.11 bits per heavy atom. The molecule has 0 aliphatic heterocycles. The van der Waals surface area contributed by atoms with E-state index in [-0.39, 0.29) is 17.0 Å². The van der Waals surface area contributed by atoms with Crippen molar-refractivity contribution >= 4 is 0 Å². The lowest BCUT2D eigenvalue weighted by Gasteiger charge is -2.42. The monoisotopic (exact) mass is 243 g/mol. The van der Waals surface area contributed by atoms with Gasteiger partial charge in [-0.2, -0.15) is 0 Å². The van der Waals surface area contributed by atoms with Gasteiger partial charge in [0.25, 0.3) is 0 Å². The minimum atomic E-state index is -0.229. The second kappa shape index (κ2) is 4.20. The van der Waals surface area contributed by atoms with Crippen LogP contribution in [0.2, 0.25) is 0 Å². The molecule has 0 amide bonds. The van der Waals surface area contributed by atoms with Gasteiger partial charge in [-0.1, -0.05) is 24.3 Å². The Balaban J connectivity index is 2.04. The fourth-order valence-corrected chi connectivity index (χ4v) is 2.62. The average molecular weight is 243 g/mol. The van der Waals surface area contributed by atoms with Crippen LogP contribution in [-0.4, -0.2) is 0 Å². The number of benzene rings is 2. The standard InChI is InChI=1S/C16H13F2/c17-14-6-2-12(3-7-14)16(10-1-11-16)13-4-8-15(18)9-5-13/h2-10H,1,11H2. The fourth-order valence-electron chi connectivity index (χ4n) is 2.62. The van der Waals surface area contributed by atoms with Crippen LogP contribution in [0.1, 0.15) is 24.0 Å². The van der Waals surface area contributed by atoms with Crippen LogP contribution in [0, 0.1) is 18.1 Å². The Morgan fingerprint density at radius 1 is 0.722 bits per heavy atom. The highest BCUT2D eigenvalue weighted by Crippen LogP contribution is 2.48. The highest BCUT2D eigenvalue weighted by Gasteiger charge is 2.40. The molecule has 91 valence electrons. The van der Waals surface area contributed by atoms with Crippen LogP contribution in [0.4, 0.5) is 8.78 Å². The fraction of sp³-hybridized carbons (Fsp3) is 0.188. The van der Waals surface area contributed by atoms with E-state index in [4.69, 9.17) is 0 Å². The van der Waals surface area contributed by atoms with Crippen LogP contribution >= 0.6 is 0 Å². The molecule has 18 heavy (non-hydrogen) atoms. The topological polar surface area (TPSA) is 0 Å². The molecule has 0 atom stereocenters. The van der Waals surface area contributed by atoms with Gasteiger partial charge < -0.3 is 0 Å². The Morgan fingerprint density at radius 3 is 1.39 bits per heavy atom. The summed E-state index contributed by atoms with van der Waals surface area (Å²) in [6, 6.07) is 13.2. The summed E-state index contributed by atoms with van der Waals surface area (Å²) in [5, 5.41) is 0. The smallest absolute Gasteiger partial charge is 0.123 e. The van der Waals surface area contributed by atoms with Crippen LogP contribution < -0.4 is 0 Å². The quantitative estimate of drug-likeness (QED) is 0.739. The molecular weight excluding hydrogens is 230 g/mol. The number of hydrogen-bond acceptors (Lipinski definition) is 0. The van der Waals surface area contributed by atoms with Gasteiger partial charge in [0.2, 0.25) is 0 Å². The van der Waals surface area contributed by atoms with Gasteiger partial charge in [-0.15, -0.1) is 0 Å². The SMILES string of the molecule is Fc1ccc(C2(c3ccc(F)cc3)[CH]CC2)cc1. The molecule has 1 fully saturated rings. The summed E-state index contributed by atoms with van der Waals surface area (Å²) in [7, 11) is 0. The Kier molecular flexibility index (Phi) is 2.66. The molecule has 0 spiro atoms. The highest BCUT2D eigenvalue weighted by molar-refractivity contribution is 5.46. The molecule has 0 unspecified atom stereocenters. The van der Waals surface area contributed by atoms with Crippen LogP contribution in [0.3, 0.4) is 0 Å². The van der Waals surface area contributed by atoms with E-state index in [1.165, 1.54) is 24.3 Å². The molecular formula is C16H13F2. The van der Waals surface area contributed by atoms with Gasteiger partial charge in [0, 0.05) is 5.41 Å². The van der Waals surface area contributed by atoms with Crippen molar-refractivity contribution in [3.8, 4) is 0 Å². The zero-order valence-corrected chi connectivity index (χ0v) is 9.87. The molecule has 1 aliphatic carbocycles. The molecule has 0 heterocycles. The molecule has 0 aromatic heterocycles. The van der Waals surface area contributed by atoms with Crippen LogP contribution in [-0.2, 0) is 5.41 Å². The first-order valence-corrected chi connectivity index (χ1v) is 6.07. The van der Waals surface area contributed by atoms with E-state index in [9.17, 15) is 8.78 Å². The van der Waals surface area contributed by atoms with Gasteiger partial charge in [-0.05, 0) is 54.7 Å². The van der Waals surface area contributed by atoms with Gasteiger partial charge in [0.1, 0.15) is 11.6 Å².